The fraction of sp³-hybridized carbons (Fsp3) is 1.00. The van der Waals surface area contributed by atoms with E-state index in [0.29, 0.717) is 0 Å². The van der Waals surface area contributed by atoms with Crippen LogP contribution in [0.1, 0.15) is 33.6 Å². The van der Waals surface area contributed by atoms with Crippen molar-refractivity contribution in [3.63, 3.8) is 0 Å². The zero-order valence-corrected chi connectivity index (χ0v) is 9.86. The number of halogens is 1. The van der Waals surface area contributed by atoms with E-state index >= 15 is 0 Å². The number of ether oxygens (including phenoxy) is 1. The van der Waals surface area contributed by atoms with Crippen molar-refractivity contribution in [1.82, 2.24) is 0 Å². The average molecular weight is 235 g/mol. The quantitative estimate of drug-likeness (QED) is 0.682. The summed E-state index contributed by atoms with van der Waals surface area (Å²) in [6.45, 7) is 7.73. The number of hydrogen-bond donors (Lipinski definition) is 0. The average Bonchev–Trinajstić information content (AvgIpc) is 2.32. The van der Waals surface area contributed by atoms with Crippen LogP contribution in [0.5, 0.6) is 0 Å². The maximum Gasteiger partial charge on any atom is 0.0784 e. The Labute approximate surface area is 84.0 Å². The normalized spacial score (nSPS) is 36.2. The van der Waals surface area contributed by atoms with Crippen molar-refractivity contribution < 1.29 is 4.74 Å². The molecule has 0 aromatic rings. The molecule has 12 heavy (non-hydrogen) atoms. The molecule has 0 aromatic heterocycles. The zero-order chi connectivity index (χ0) is 9.19. The van der Waals surface area contributed by atoms with Crippen LogP contribution < -0.4 is 0 Å². The summed E-state index contributed by atoms with van der Waals surface area (Å²) >= 11 is 3.56. The molecule has 2 atom stereocenters. The molecule has 1 rings (SSSR count). The maximum atomic E-state index is 5.87. The van der Waals surface area contributed by atoms with Gasteiger partial charge in [0.05, 0.1) is 12.2 Å². The second kappa shape index (κ2) is 4.10. The highest BCUT2D eigenvalue weighted by Crippen LogP contribution is 2.36. The third-order valence-corrected chi connectivity index (χ3v) is 3.44. The second-order valence-electron chi connectivity index (χ2n) is 4.53. The van der Waals surface area contributed by atoms with Gasteiger partial charge in [-0.05, 0) is 24.7 Å². The minimum Gasteiger partial charge on any atom is -0.374 e. The van der Waals surface area contributed by atoms with E-state index in [4.69, 9.17) is 4.74 Å². The van der Waals surface area contributed by atoms with Gasteiger partial charge in [-0.1, -0.05) is 36.7 Å². The van der Waals surface area contributed by atoms with Gasteiger partial charge < -0.3 is 4.74 Å². The number of hydrogen-bond acceptors (Lipinski definition) is 1. The Bertz CT molecular complexity index is 147. The first kappa shape index (κ1) is 10.5. The lowest BCUT2D eigenvalue weighted by molar-refractivity contribution is 0.00812. The SMILES string of the molecule is CC(C)CC1(CBr)CC(C)CO1. The lowest BCUT2D eigenvalue weighted by Crippen LogP contribution is -2.31. The third kappa shape index (κ3) is 2.46. The summed E-state index contributed by atoms with van der Waals surface area (Å²) < 4.78 is 5.87. The Morgan fingerprint density at radius 3 is 2.58 bits per heavy atom. The molecule has 2 unspecified atom stereocenters. The third-order valence-electron chi connectivity index (χ3n) is 2.42. The molecule has 1 nitrogen and oxygen atoms in total. The summed E-state index contributed by atoms with van der Waals surface area (Å²) in [5.74, 6) is 1.47. The Balaban J connectivity index is 2.52. The van der Waals surface area contributed by atoms with Crippen molar-refractivity contribution in [2.45, 2.75) is 39.2 Å². The molecule has 0 aromatic carbocycles. The van der Waals surface area contributed by atoms with Crippen LogP contribution in [0.3, 0.4) is 0 Å². The van der Waals surface area contributed by atoms with Gasteiger partial charge in [0.25, 0.3) is 0 Å². The molecule has 2 heteroatoms. The topological polar surface area (TPSA) is 9.23 Å². The molecular weight excluding hydrogens is 216 g/mol. The van der Waals surface area contributed by atoms with Gasteiger partial charge in [-0.3, -0.25) is 0 Å². The summed E-state index contributed by atoms with van der Waals surface area (Å²) in [5, 5.41) is 0.989. The fourth-order valence-corrected chi connectivity index (χ4v) is 2.73. The van der Waals surface area contributed by atoms with E-state index in [9.17, 15) is 0 Å². The first-order chi connectivity index (χ1) is 5.58. The monoisotopic (exact) mass is 234 g/mol. The molecule has 1 fully saturated rings. The Hall–Kier alpha value is 0.440. The van der Waals surface area contributed by atoms with Gasteiger partial charge in [0.2, 0.25) is 0 Å². The van der Waals surface area contributed by atoms with E-state index < -0.39 is 0 Å². The van der Waals surface area contributed by atoms with Gasteiger partial charge in [-0.25, -0.2) is 0 Å². The van der Waals surface area contributed by atoms with Crippen LogP contribution in [0.15, 0.2) is 0 Å². The lowest BCUT2D eigenvalue weighted by atomic mass is 9.89. The van der Waals surface area contributed by atoms with Gasteiger partial charge in [-0.15, -0.1) is 0 Å². The molecule has 0 amide bonds. The lowest BCUT2D eigenvalue weighted by Gasteiger charge is -2.28. The van der Waals surface area contributed by atoms with Crippen molar-refractivity contribution in [3.05, 3.63) is 0 Å². The Kier molecular flexibility index (Phi) is 3.59. The Morgan fingerprint density at radius 2 is 2.25 bits per heavy atom. The molecular formula is C10H19BrO. The predicted octanol–water partition coefficient (Wildman–Crippen LogP) is 3.22. The van der Waals surface area contributed by atoms with Crippen LogP contribution in [0, 0.1) is 11.8 Å². The molecule has 72 valence electrons. The van der Waals surface area contributed by atoms with Gasteiger partial charge in [-0.2, -0.15) is 0 Å². The van der Waals surface area contributed by atoms with E-state index in [-0.39, 0.29) is 5.60 Å². The number of rotatable bonds is 3. The standard InChI is InChI=1S/C10H19BrO/c1-8(2)4-10(7-11)5-9(3)6-12-10/h8-9H,4-7H2,1-3H3. The van der Waals surface area contributed by atoms with Crippen molar-refractivity contribution in [2.24, 2.45) is 11.8 Å². The summed E-state index contributed by atoms with van der Waals surface area (Å²) in [6, 6.07) is 0. The van der Waals surface area contributed by atoms with E-state index in [1.807, 2.05) is 0 Å². The first-order valence-electron chi connectivity index (χ1n) is 4.78. The summed E-state index contributed by atoms with van der Waals surface area (Å²) in [6.07, 6.45) is 2.40. The van der Waals surface area contributed by atoms with Crippen molar-refractivity contribution in [3.8, 4) is 0 Å². The zero-order valence-electron chi connectivity index (χ0n) is 8.27. The van der Waals surface area contributed by atoms with Crippen LogP contribution in [0.2, 0.25) is 0 Å². The molecule has 1 aliphatic rings. The smallest absolute Gasteiger partial charge is 0.0784 e. The Morgan fingerprint density at radius 1 is 1.58 bits per heavy atom. The van der Waals surface area contributed by atoms with Crippen LogP contribution >= 0.6 is 15.9 Å². The second-order valence-corrected chi connectivity index (χ2v) is 5.10. The van der Waals surface area contributed by atoms with E-state index in [1.165, 1.54) is 12.8 Å². The molecule has 0 bridgehead atoms. The van der Waals surface area contributed by atoms with E-state index in [1.54, 1.807) is 0 Å². The predicted molar refractivity (Wildman–Crippen MR) is 55.7 cm³/mol. The largest absolute Gasteiger partial charge is 0.374 e. The van der Waals surface area contributed by atoms with Crippen LogP contribution in [0.4, 0.5) is 0 Å². The van der Waals surface area contributed by atoms with Gasteiger partial charge >= 0.3 is 0 Å². The highest BCUT2D eigenvalue weighted by Gasteiger charge is 2.37. The van der Waals surface area contributed by atoms with E-state index in [2.05, 4.69) is 36.7 Å². The fourth-order valence-electron chi connectivity index (χ4n) is 2.11. The summed E-state index contributed by atoms with van der Waals surface area (Å²) in [5.41, 5.74) is 0.146. The van der Waals surface area contributed by atoms with Crippen LogP contribution in [-0.2, 0) is 4.74 Å². The van der Waals surface area contributed by atoms with Crippen molar-refractivity contribution >= 4 is 15.9 Å². The van der Waals surface area contributed by atoms with Gasteiger partial charge in [0, 0.05) is 5.33 Å². The van der Waals surface area contributed by atoms with Crippen molar-refractivity contribution in [2.75, 3.05) is 11.9 Å². The molecule has 0 aliphatic carbocycles. The minimum atomic E-state index is 0.146. The molecule has 1 heterocycles. The maximum absolute atomic E-state index is 5.87. The highest BCUT2D eigenvalue weighted by molar-refractivity contribution is 9.09. The molecule has 0 spiro atoms. The molecule has 1 aliphatic heterocycles. The summed E-state index contributed by atoms with van der Waals surface area (Å²) in [7, 11) is 0. The highest BCUT2D eigenvalue weighted by atomic mass is 79.9. The van der Waals surface area contributed by atoms with Crippen LogP contribution in [0.25, 0.3) is 0 Å². The first-order valence-corrected chi connectivity index (χ1v) is 5.90. The summed E-state index contributed by atoms with van der Waals surface area (Å²) in [4.78, 5) is 0. The minimum absolute atomic E-state index is 0.146. The van der Waals surface area contributed by atoms with E-state index in [0.717, 1.165) is 23.8 Å². The van der Waals surface area contributed by atoms with Crippen LogP contribution in [-0.4, -0.2) is 17.5 Å². The van der Waals surface area contributed by atoms with Gasteiger partial charge in [0.1, 0.15) is 0 Å². The number of alkyl halides is 1. The molecule has 0 radical (unpaired) electrons. The van der Waals surface area contributed by atoms with Gasteiger partial charge in [0.15, 0.2) is 0 Å². The molecule has 0 saturated carbocycles. The molecule has 0 N–H and O–H groups in total. The molecule has 1 saturated heterocycles. The van der Waals surface area contributed by atoms with Crippen molar-refractivity contribution in [1.29, 1.82) is 0 Å².